The van der Waals surface area contributed by atoms with E-state index < -0.39 is 5.43 Å². The van der Waals surface area contributed by atoms with Crippen LogP contribution in [0.2, 0.25) is 0 Å². The summed E-state index contributed by atoms with van der Waals surface area (Å²) >= 11 is 0. The predicted octanol–water partition coefficient (Wildman–Crippen LogP) is 2.60. The molecule has 0 amide bonds. The first-order valence-corrected chi connectivity index (χ1v) is 7.43. The maximum atomic E-state index is 12.6. The van der Waals surface area contributed by atoms with Crippen molar-refractivity contribution in [3.05, 3.63) is 34.5 Å². The van der Waals surface area contributed by atoms with Crippen LogP contribution in [0.4, 0.5) is 0 Å². The van der Waals surface area contributed by atoms with Gasteiger partial charge >= 0.3 is 0 Å². The standard InChI is InChI=1S/C18H16O8/c1-23-14-7-12(22)17(25-3)18-15(14)9(19)6-13(26-18)8-4-10(20)16(24-2)11(21)5-8/h4-7,20-22H,1-3H3. The maximum absolute atomic E-state index is 12.6. The fourth-order valence-electron chi connectivity index (χ4n) is 2.72. The highest BCUT2D eigenvalue weighted by Gasteiger charge is 2.21. The predicted molar refractivity (Wildman–Crippen MR) is 92.6 cm³/mol. The van der Waals surface area contributed by atoms with Gasteiger partial charge in [0.05, 0.1) is 21.3 Å². The fraction of sp³-hybridized carbons (Fsp3) is 0.167. The number of aromatic hydroxyl groups is 3. The van der Waals surface area contributed by atoms with Gasteiger partial charge in [-0.25, -0.2) is 0 Å². The lowest BCUT2D eigenvalue weighted by Crippen LogP contribution is -2.04. The SMILES string of the molecule is COc1c(O)cc(-c2cc(=O)c3c(OC)cc(O)c(OC)c3o2)cc1O. The number of phenolic OH excluding ortho intramolecular Hbond substituents is 3. The molecule has 0 saturated heterocycles. The van der Waals surface area contributed by atoms with Crippen molar-refractivity contribution >= 4 is 11.0 Å². The Morgan fingerprint density at radius 3 is 1.92 bits per heavy atom. The minimum absolute atomic E-state index is 0.0263. The van der Waals surface area contributed by atoms with Gasteiger partial charge in [-0.2, -0.15) is 0 Å². The second-order valence-electron chi connectivity index (χ2n) is 5.36. The topological polar surface area (TPSA) is 119 Å². The van der Waals surface area contributed by atoms with Crippen molar-refractivity contribution in [3.8, 4) is 45.8 Å². The molecule has 0 aliphatic rings. The number of fused-ring (bicyclic) bond motifs is 1. The number of hydrogen-bond donors (Lipinski definition) is 3. The van der Waals surface area contributed by atoms with Gasteiger partial charge < -0.3 is 33.9 Å². The van der Waals surface area contributed by atoms with Crippen LogP contribution in [-0.2, 0) is 0 Å². The largest absolute Gasteiger partial charge is 0.504 e. The first-order valence-electron chi connectivity index (χ1n) is 7.43. The van der Waals surface area contributed by atoms with Gasteiger partial charge in [0, 0.05) is 17.7 Å². The molecule has 3 N–H and O–H groups in total. The first kappa shape index (κ1) is 17.3. The lowest BCUT2D eigenvalue weighted by atomic mass is 10.1. The Labute approximate surface area is 147 Å². The van der Waals surface area contributed by atoms with Crippen LogP contribution in [0, 0.1) is 0 Å². The molecule has 1 heterocycles. The van der Waals surface area contributed by atoms with E-state index in [0.717, 1.165) is 0 Å². The van der Waals surface area contributed by atoms with E-state index in [4.69, 9.17) is 18.6 Å². The minimum Gasteiger partial charge on any atom is -0.504 e. The van der Waals surface area contributed by atoms with E-state index in [1.807, 2.05) is 0 Å². The Morgan fingerprint density at radius 2 is 1.38 bits per heavy atom. The van der Waals surface area contributed by atoms with Gasteiger partial charge in [-0.05, 0) is 12.1 Å². The molecule has 3 aromatic rings. The van der Waals surface area contributed by atoms with Gasteiger partial charge in [0.25, 0.3) is 0 Å². The molecule has 0 aliphatic heterocycles. The van der Waals surface area contributed by atoms with E-state index in [0.29, 0.717) is 0 Å². The minimum atomic E-state index is -0.453. The van der Waals surface area contributed by atoms with E-state index in [1.54, 1.807) is 0 Å². The van der Waals surface area contributed by atoms with Crippen LogP contribution in [-0.4, -0.2) is 36.6 Å². The molecule has 0 spiro atoms. The fourth-order valence-corrected chi connectivity index (χ4v) is 2.72. The van der Waals surface area contributed by atoms with Gasteiger partial charge in [-0.1, -0.05) is 0 Å². The summed E-state index contributed by atoms with van der Waals surface area (Å²) in [6.45, 7) is 0. The lowest BCUT2D eigenvalue weighted by molar-refractivity contribution is 0.344. The van der Waals surface area contributed by atoms with Crippen molar-refractivity contribution in [1.82, 2.24) is 0 Å². The van der Waals surface area contributed by atoms with Crippen LogP contribution in [0.1, 0.15) is 0 Å². The molecular weight excluding hydrogens is 344 g/mol. The molecule has 0 radical (unpaired) electrons. The monoisotopic (exact) mass is 360 g/mol. The molecule has 26 heavy (non-hydrogen) atoms. The highest BCUT2D eigenvalue weighted by atomic mass is 16.5. The highest BCUT2D eigenvalue weighted by Crippen LogP contribution is 2.43. The number of hydrogen-bond acceptors (Lipinski definition) is 8. The molecule has 8 nitrogen and oxygen atoms in total. The summed E-state index contributed by atoms with van der Waals surface area (Å²) in [5.74, 6) is -0.898. The van der Waals surface area contributed by atoms with Crippen LogP contribution in [0.15, 0.2) is 33.5 Å². The number of phenols is 3. The van der Waals surface area contributed by atoms with Crippen molar-refractivity contribution in [1.29, 1.82) is 0 Å². The van der Waals surface area contributed by atoms with E-state index in [2.05, 4.69) is 0 Å². The number of rotatable bonds is 4. The van der Waals surface area contributed by atoms with Crippen LogP contribution in [0.25, 0.3) is 22.3 Å². The summed E-state index contributed by atoms with van der Waals surface area (Å²) in [5.41, 5.74) is -0.253. The second kappa shape index (κ2) is 6.40. The zero-order valence-electron chi connectivity index (χ0n) is 14.2. The molecular formula is C18H16O8. The van der Waals surface area contributed by atoms with Crippen LogP contribution < -0.4 is 19.6 Å². The Hall–Kier alpha value is -3.55. The van der Waals surface area contributed by atoms with E-state index in [-0.39, 0.29) is 56.8 Å². The summed E-state index contributed by atoms with van der Waals surface area (Å²) in [6.07, 6.45) is 0. The number of ether oxygens (including phenoxy) is 3. The van der Waals surface area contributed by atoms with E-state index >= 15 is 0 Å². The summed E-state index contributed by atoms with van der Waals surface area (Å²) in [4.78, 5) is 12.6. The number of methoxy groups -OCH3 is 3. The molecule has 0 atom stereocenters. The van der Waals surface area contributed by atoms with Crippen LogP contribution in [0.5, 0.6) is 34.5 Å². The average Bonchev–Trinajstić information content (AvgIpc) is 2.60. The first-order chi connectivity index (χ1) is 12.4. The van der Waals surface area contributed by atoms with Crippen LogP contribution in [0.3, 0.4) is 0 Å². The van der Waals surface area contributed by atoms with Crippen molar-refractivity contribution in [2.24, 2.45) is 0 Å². The third kappa shape index (κ3) is 2.61. The van der Waals surface area contributed by atoms with Gasteiger partial charge in [0.15, 0.2) is 28.3 Å². The molecule has 136 valence electrons. The van der Waals surface area contributed by atoms with E-state index in [9.17, 15) is 20.1 Å². The Kier molecular flexibility index (Phi) is 4.25. The molecule has 0 saturated carbocycles. The van der Waals surface area contributed by atoms with Crippen molar-refractivity contribution in [3.63, 3.8) is 0 Å². The molecule has 0 aliphatic carbocycles. The third-order valence-corrected chi connectivity index (χ3v) is 3.86. The highest BCUT2D eigenvalue weighted by molar-refractivity contribution is 5.92. The zero-order chi connectivity index (χ0) is 19.0. The molecule has 8 heteroatoms. The lowest BCUT2D eigenvalue weighted by Gasteiger charge is -2.12. The smallest absolute Gasteiger partial charge is 0.204 e. The quantitative estimate of drug-likeness (QED) is 0.650. The van der Waals surface area contributed by atoms with Crippen molar-refractivity contribution < 1.29 is 33.9 Å². The second-order valence-corrected chi connectivity index (χ2v) is 5.36. The number of benzene rings is 2. The summed E-state index contributed by atoms with van der Waals surface area (Å²) < 4.78 is 20.9. The Morgan fingerprint density at radius 1 is 0.808 bits per heavy atom. The third-order valence-electron chi connectivity index (χ3n) is 3.86. The average molecular weight is 360 g/mol. The Balaban J connectivity index is 2.35. The van der Waals surface area contributed by atoms with Gasteiger partial charge in [-0.3, -0.25) is 4.79 Å². The summed E-state index contributed by atoms with van der Waals surface area (Å²) in [6, 6.07) is 4.98. The van der Waals surface area contributed by atoms with Crippen LogP contribution >= 0.6 is 0 Å². The van der Waals surface area contributed by atoms with E-state index in [1.165, 1.54) is 45.6 Å². The van der Waals surface area contributed by atoms with Gasteiger partial charge in [0.2, 0.25) is 11.5 Å². The molecule has 0 bridgehead atoms. The molecule has 1 aromatic heterocycles. The van der Waals surface area contributed by atoms with Crippen molar-refractivity contribution in [2.45, 2.75) is 0 Å². The van der Waals surface area contributed by atoms with Crippen molar-refractivity contribution in [2.75, 3.05) is 21.3 Å². The molecule has 0 fully saturated rings. The molecule has 0 unspecified atom stereocenters. The summed E-state index contributed by atoms with van der Waals surface area (Å²) in [7, 11) is 3.97. The molecule has 2 aromatic carbocycles. The van der Waals surface area contributed by atoms with Gasteiger partial charge in [0.1, 0.15) is 16.9 Å². The Bertz CT molecular complexity index is 1030. The maximum Gasteiger partial charge on any atom is 0.204 e. The summed E-state index contributed by atoms with van der Waals surface area (Å²) in [5, 5.41) is 30.1. The van der Waals surface area contributed by atoms with Gasteiger partial charge in [-0.15, -0.1) is 0 Å². The normalized spacial score (nSPS) is 10.7. The molecule has 3 rings (SSSR count). The zero-order valence-corrected chi connectivity index (χ0v) is 14.2.